The summed E-state index contributed by atoms with van der Waals surface area (Å²) in [5.74, 6) is -0.0186. The van der Waals surface area contributed by atoms with E-state index in [1.54, 1.807) is 23.0 Å². The number of halogens is 1. The van der Waals surface area contributed by atoms with Gasteiger partial charge in [-0.3, -0.25) is 0 Å². The third-order valence-electron chi connectivity index (χ3n) is 3.18. The predicted molar refractivity (Wildman–Crippen MR) is 76.1 cm³/mol. The molecule has 1 aromatic carbocycles. The number of nitrogens with zero attached hydrogens (tertiary/aromatic N) is 2. The van der Waals surface area contributed by atoms with Gasteiger partial charge in [-0.05, 0) is 30.2 Å². The Morgan fingerprint density at radius 1 is 1.30 bits per heavy atom. The van der Waals surface area contributed by atoms with E-state index < -0.39 is 0 Å². The van der Waals surface area contributed by atoms with Crippen LogP contribution in [0.15, 0.2) is 36.7 Å². The molecular weight excluding hydrogens is 257 g/mol. The molecule has 20 heavy (non-hydrogen) atoms. The van der Waals surface area contributed by atoms with Gasteiger partial charge in [0.15, 0.2) is 0 Å². The summed E-state index contributed by atoms with van der Waals surface area (Å²) in [6, 6.07) is 6.19. The van der Waals surface area contributed by atoms with E-state index in [-0.39, 0.29) is 17.8 Å². The Hall–Kier alpha value is -1.72. The lowest BCUT2D eigenvalue weighted by Crippen LogP contribution is -2.30. The van der Waals surface area contributed by atoms with Gasteiger partial charge in [0.2, 0.25) is 0 Å². The van der Waals surface area contributed by atoms with Crippen LogP contribution in [0.5, 0.6) is 0 Å². The van der Waals surface area contributed by atoms with Crippen LogP contribution in [0.3, 0.4) is 0 Å². The minimum atomic E-state index is -0.345. The van der Waals surface area contributed by atoms with E-state index in [1.807, 2.05) is 20.0 Å². The number of aliphatic hydroxyl groups excluding tert-OH is 1. The summed E-state index contributed by atoms with van der Waals surface area (Å²) in [6.45, 7) is 5.17. The largest absolute Gasteiger partial charge is 0.392 e. The van der Waals surface area contributed by atoms with Crippen molar-refractivity contribution in [2.75, 3.05) is 6.54 Å². The van der Waals surface area contributed by atoms with Crippen LogP contribution in [0.4, 0.5) is 4.39 Å². The van der Waals surface area contributed by atoms with Crippen LogP contribution in [0.2, 0.25) is 0 Å². The van der Waals surface area contributed by atoms with Gasteiger partial charge < -0.3 is 10.4 Å². The van der Waals surface area contributed by atoms with E-state index in [1.165, 1.54) is 12.1 Å². The normalized spacial score (nSPS) is 12.8. The van der Waals surface area contributed by atoms with Crippen LogP contribution in [0, 0.1) is 11.7 Å². The van der Waals surface area contributed by atoms with Crippen molar-refractivity contribution >= 4 is 0 Å². The molecule has 0 bridgehead atoms. The number of hydrogen-bond donors (Lipinski definition) is 2. The molecule has 1 aromatic heterocycles. The first-order valence-corrected chi connectivity index (χ1v) is 6.74. The maximum absolute atomic E-state index is 12.9. The number of nitrogens with one attached hydrogen (secondary N) is 1. The van der Waals surface area contributed by atoms with Crippen LogP contribution < -0.4 is 5.32 Å². The zero-order chi connectivity index (χ0) is 14.5. The summed E-state index contributed by atoms with van der Waals surface area (Å²) >= 11 is 0. The van der Waals surface area contributed by atoms with E-state index in [2.05, 4.69) is 10.4 Å². The second-order valence-electron chi connectivity index (χ2n) is 5.21. The molecule has 0 fully saturated rings. The van der Waals surface area contributed by atoms with E-state index in [4.69, 9.17) is 0 Å². The molecule has 2 aromatic rings. The summed E-state index contributed by atoms with van der Waals surface area (Å²) in [6.07, 6.45) is 3.31. The van der Waals surface area contributed by atoms with Crippen molar-refractivity contribution in [3.8, 4) is 5.69 Å². The van der Waals surface area contributed by atoms with Crippen LogP contribution in [-0.2, 0) is 6.54 Å². The molecule has 0 radical (unpaired) electrons. The Kier molecular flexibility index (Phi) is 4.87. The number of benzene rings is 1. The highest BCUT2D eigenvalue weighted by atomic mass is 19.1. The van der Waals surface area contributed by atoms with Crippen molar-refractivity contribution in [3.63, 3.8) is 0 Å². The maximum Gasteiger partial charge on any atom is 0.123 e. The Morgan fingerprint density at radius 3 is 2.65 bits per heavy atom. The van der Waals surface area contributed by atoms with Gasteiger partial charge in [-0.25, -0.2) is 9.07 Å². The van der Waals surface area contributed by atoms with E-state index in [9.17, 15) is 9.50 Å². The fourth-order valence-electron chi connectivity index (χ4n) is 1.79. The smallest absolute Gasteiger partial charge is 0.123 e. The predicted octanol–water partition coefficient (Wildman–Crippen LogP) is 2.12. The monoisotopic (exact) mass is 277 g/mol. The van der Waals surface area contributed by atoms with Gasteiger partial charge in [0.25, 0.3) is 0 Å². The molecule has 108 valence electrons. The van der Waals surface area contributed by atoms with Crippen molar-refractivity contribution in [1.29, 1.82) is 0 Å². The molecule has 2 rings (SSSR count). The standard InChI is InChI=1S/C15H20FN3O/c1-11(2)15(20)9-17-7-12-8-18-19(10-12)14-5-3-13(16)4-6-14/h3-6,8,10-11,15,17,20H,7,9H2,1-2H3. The maximum atomic E-state index is 12.9. The molecule has 0 aliphatic rings. The molecule has 1 heterocycles. The van der Waals surface area contributed by atoms with Crippen LogP contribution in [-0.4, -0.2) is 27.5 Å². The molecule has 1 unspecified atom stereocenters. The molecule has 0 aliphatic carbocycles. The summed E-state index contributed by atoms with van der Waals surface area (Å²) < 4.78 is 14.6. The average Bonchev–Trinajstić information content (AvgIpc) is 2.88. The zero-order valence-electron chi connectivity index (χ0n) is 11.8. The first-order chi connectivity index (χ1) is 9.56. The summed E-state index contributed by atoms with van der Waals surface area (Å²) in [5, 5.41) is 17.1. The third kappa shape index (κ3) is 3.88. The Labute approximate surface area is 118 Å². The minimum absolute atomic E-state index is 0.240. The lowest BCUT2D eigenvalue weighted by Gasteiger charge is -2.14. The summed E-state index contributed by atoms with van der Waals surface area (Å²) in [4.78, 5) is 0. The van der Waals surface area contributed by atoms with Gasteiger partial charge in [-0.15, -0.1) is 0 Å². The van der Waals surface area contributed by atoms with Crippen molar-refractivity contribution in [1.82, 2.24) is 15.1 Å². The molecule has 1 atom stereocenters. The zero-order valence-corrected chi connectivity index (χ0v) is 11.8. The Morgan fingerprint density at radius 2 is 2.00 bits per heavy atom. The summed E-state index contributed by atoms with van der Waals surface area (Å²) in [5.41, 5.74) is 1.84. The van der Waals surface area contributed by atoms with Crippen LogP contribution in [0.25, 0.3) is 5.69 Å². The van der Waals surface area contributed by atoms with E-state index in [0.29, 0.717) is 13.1 Å². The highest BCUT2D eigenvalue weighted by molar-refractivity contribution is 5.31. The SMILES string of the molecule is CC(C)C(O)CNCc1cnn(-c2ccc(F)cc2)c1. The van der Waals surface area contributed by atoms with Gasteiger partial charge >= 0.3 is 0 Å². The van der Waals surface area contributed by atoms with Crippen LogP contribution >= 0.6 is 0 Å². The molecule has 0 aliphatic heterocycles. The van der Waals surface area contributed by atoms with E-state index in [0.717, 1.165) is 11.3 Å². The number of hydrogen-bond acceptors (Lipinski definition) is 3. The first kappa shape index (κ1) is 14.7. The van der Waals surface area contributed by atoms with Crippen molar-refractivity contribution in [2.24, 2.45) is 5.92 Å². The van der Waals surface area contributed by atoms with Gasteiger partial charge in [0, 0.05) is 24.8 Å². The van der Waals surface area contributed by atoms with Crippen molar-refractivity contribution in [3.05, 3.63) is 48.0 Å². The van der Waals surface area contributed by atoms with E-state index >= 15 is 0 Å². The highest BCUT2D eigenvalue weighted by Crippen LogP contribution is 2.09. The van der Waals surface area contributed by atoms with Crippen LogP contribution in [0.1, 0.15) is 19.4 Å². The van der Waals surface area contributed by atoms with Crippen molar-refractivity contribution < 1.29 is 9.50 Å². The fourth-order valence-corrected chi connectivity index (χ4v) is 1.79. The average molecular weight is 277 g/mol. The Bertz CT molecular complexity index is 536. The molecule has 0 saturated heterocycles. The Balaban J connectivity index is 1.91. The third-order valence-corrected chi connectivity index (χ3v) is 3.18. The molecule has 2 N–H and O–H groups in total. The second-order valence-corrected chi connectivity index (χ2v) is 5.21. The molecule has 0 amide bonds. The second kappa shape index (κ2) is 6.63. The van der Waals surface area contributed by atoms with Gasteiger partial charge in [-0.1, -0.05) is 13.8 Å². The lowest BCUT2D eigenvalue weighted by molar-refractivity contribution is 0.123. The van der Waals surface area contributed by atoms with Crippen molar-refractivity contribution in [2.45, 2.75) is 26.5 Å². The topological polar surface area (TPSA) is 50.1 Å². The number of rotatable bonds is 6. The van der Waals surface area contributed by atoms with Gasteiger partial charge in [0.1, 0.15) is 5.82 Å². The number of aliphatic hydroxyl groups is 1. The molecule has 0 saturated carbocycles. The minimum Gasteiger partial charge on any atom is -0.392 e. The lowest BCUT2D eigenvalue weighted by atomic mass is 10.1. The highest BCUT2D eigenvalue weighted by Gasteiger charge is 2.08. The first-order valence-electron chi connectivity index (χ1n) is 6.74. The van der Waals surface area contributed by atoms with Gasteiger partial charge in [-0.2, -0.15) is 5.10 Å². The molecular formula is C15H20FN3O. The van der Waals surface area contributed by atoms with Gasteiger partial charge in [0.05, 0.1) is 18.0 Å². The molecule has 5 heteroatoms. The summed E-state index contributed by atoms with van der Waals surface area (Å²) in [7, 11) is 0. The quantitative estimate of drug-likeness (QED) is 0.850. The molecule has 4 nitrogen and oxygen atoms in total. The molecule has 0 spiro atoms. The fraction of sp³-hybridized carbons (Fsp3) is 0.400. The number of aromatic nitrogens is 2.